The molecule has 0 radical (unpaired) electrons. The smallest absolute Gasteiger partial charge is 0.123 e. The van der Waals surface area contributed by atoms with Crippen LogP contribution >= 0.6 is 0 Å². The Morgan fingerprint density at radius 1 is 1.03 bits per heavy atom. The first-order chi connectivity index (χ1) is 15.3. The normalized spacial score (nSPS) is 43.0. The molecule has 2 heteroatoms. The molecule has 2 fully saturated rings. The first-order valence-corrected chi connectivity index (χ1v) is 13.9. The Morgan fingerprint density at radius 3 is 2.36 bits per heavy atom. The Bertz CT molecular complexity index is 834. The molecule has 0 aromatic heterocycles. The molecule has 4 aliphatic rings. The summed E-state index contributed by atoms with van der Waals surface area (Å²) in [6.07, 6.45) is 12.4. The Hall–Kier alpha value is -0.890. The van der Waals surface area contributed by atoms with Crippen LogP contribution in [0.25, 0.3) is 0 Å². The minimum Gasteiger partial charge on any atom is -0.393 e. The first kappa shape index (κ1) is 25.2. The fourth-order valence-corrected chi connectivity index (χ4v) is 9.41. The van der Waals surface area contributed by atoms with Crippen LogP contribution in [0.15, 0.2) is 23.3 Å². The van der Waals surface area contributed by atoms with Crippen LogP contribution in [0.2, 0.25) is 0 Å². The van der Waals surface area contributed by atoms with Crippen molar-refractivity contribution in [2.75, 3.05) is 0 Å². The maximum Gasteiger partial charge on any atom is 0.123 e. The lowest BCUT2D eigenvalue weighted by Crippen LogP contribution is -2.55. The molecule has 4 rings (SSSR count). The van der Waals surface area contributed by atoms with Crippen LogP contribution in [-0.4, -0.2) is 17.5 Å². The van der Waals surface area contributed by atoms with Crippen molar-refractivity contribution in [3.05, 3.63) is 23.3 Å². The average Bonchev–Trinajstić information content (AvgIpc) is 3.03. The first-order valence-electron chi connectivity index (χ1n) is 13.9. The molecule has 0 bridgehead atoms. The monoisotopic (exact) mass is 454 g/mol. The van der Waals surface area contributed by atoms with E-state index in [0.29, 0.717) is 17.8 Å². The summed E-state index contributed by atoms with van der Waals surface area (Å²) in [7, 11) is 0. The Labute approximate surface area is 203 Å². The van der Waals surface area contributed by atoms with E-state index in [9.17, 15) is 9.90 Å². The third-order valence-corrected chi connectivity index (χ3v) is 12.1. The number of aliphatic hydroxyl groups is 1. The van der Waals surface area contributed by atoms with Gasteiger partial charge in [0.1, 0.15) is 6.29 Å². The highest BCUT2D eigenvalue weighted by Gasteiger charge is 2.63. The lowest BCUT2D eigenvalue weighted by atomic mass is 9.43. The van der Waals surface area contributed by atoms with E-state index in [2.05, 4.69) is 55.0 Å². The van der Waals surface area contributed by atoms with Crippen LogP contribution in [-0.2, 0) is 4.79 Å². The number of aliphatic hydroxyl groups excluding tert-OH is 1. The molecule has 4 aliphatic carbocycles. The highest BCUT2D eigenvalue weighted by atomic mass is 16.3. The molecule has 0 aromatic carbocycles. The number of fused-ring (bicyclic) bond motifs is 4. The van der Waals surface area contributed by atoms with Crippen molar-refractivity contribution < 1.29 is 9.90 Å². The maximum atomic E-state index is 12.4. The van der Waals surface area contributed by atoms with Gasteiger partial charge in [-0.05, 0) is 104 Å². The lowest BCUT2D eigenvalue weighted by molar-refractivity contribution is -0.115. The molecule has 0 saturated heterocycles. The SMILES string of the molecule is C=C(CC[C@@H](C=O)[C@H]1CC[C@@]2(C)C3=C(CC[C@]12C)[C@@]1(C)CC[C@H](O)C(C)(C)[C@@H]1CC3)C(C)C. The van der Waals surface area contributed by atoms with Crippen LogP contribution in [0, 0.1) is 45.3 Å². The number of carbonyl (C=O) groups excluding carboxylic acids is 1. The van der Waals surface area contributed by atoms with Crippen LogP contribution in [0.3, 0.4) is 0 Å². The molecule has 0 spiro atoms. The lowest BCUT2D eigenvalue weighted by Gasteiger charge is -2.62. The second-order valence-electron chi connectivity index (χ2n) is 13.9. The zero-order chi connectivity index (χ0) is 24.4. The predicted octanol–water partition coefficient (Wildman–Crippen LogP) is 7.90. The molecule has 1 N–H and O–H groups in total. The van der Waals surface area contributed by atoms with Crippen molar-refractivity contribution in [2.24, 2.45) is 45.3 Å². The number of hydrogen-bond acceptors (Lipinski definition) is 2. The summed E-state index contributed by atoms with van der Waals surface area (Å²) in [5.74, 6) is 1.72. The number of allylic oxidation sites excluding steroid dienone is 3. The van der Waals surface area contributed by atoms with Crippen molar-refractivity contribution in [1.82, 2.24) is 0 Å². The molecular formula is C31H50O2. The maximum absolute atomic E-state index is 12.4. The van der Waals surface area contributed by atoms with E-state index in [4.69, 9.17) is 0 Å². The zero-order valence-corrected chi connectivity index (χ0v) is 22.6. The van der Waals surface area contributed by atoms with Crippen LogP contribution < -0.4 is 0 Å². The van der Waals surface area contributed by atoms with Gasteiger partial charge in [0, 0.05) is 5.92 Å². The number of rotatable bonds is 6. The molecule has 0 aromatic rings. The quantitative estimate of drug-likeness (QED) is 0.327. The molecule has 2 nitrogen and oxygen atoms in total. The van der Waals surface area contributed by atoms with Gasteiger partial charge in [0.05, 0.1) is 6.10 Å². The minimum atomic E-state index is -0.174. The van der Waals surface area contributed by atoms with Crippen molar-refractivity contribution in [2.45, 2.75) is 119 Å². The number of hydrogen-bond donors (Lipinski definition) is 1. The largest absolute Gasteiger partial charge is 0.393 e. The average molecular weight is 455 g/mol. The van der Waals surface area contributed by atoms with E-state index in [1.165, 1.54) is 50.4 Å². The second-order valence-corrected chi connectivity index (χ2v) is 13.9. The van der Waals surface area contributed by atoms with Gasteiger partial charge in [-0.15, -0.1) is 0 Å². The predicted molar refractivity (Wildman–Crippen MR) is 138 cm³/mol. The number of aldehydes is 1. The van der Waals surface area contributed by atoms with E-state index >= 15 is 0 Å². The highest BCUT2D eigenvalue weighted by molar-refractivity contribution is 5.55. The van der Waals surface area contributed by atoms with Gasteiger partial charge < -0.3 is 9.90 Å². The zero-order valence-electron chi connectivity index (χ0n) is 22.6. The third-order valence-electron chi connectivity index (χ3n) is 12.1. The van der Waals surface area contributed by atoms with Gasteiger partial charge in [0.2, 0.25) is 0 Å². The van der Waals surface area contributed by atoms with Gasteiger partial charge in [-0.3, -0.25) is 0 Å². The highest BCUT2D eigenvalue weighted by Crippen LogP contribution is 2.72. The summed E-state index contributed by atoms with van der Waals surface area (Å²) < 4.78 is 0. The van der Waals surface area contributed by atoms with Crippen molar-refractivity contribution in [3.8, 4) is 0 Å². The molecule has 186 valence electrons. The van der Waals surface area contributed by atoms with Gasteiger partial charge in [0.15, 0.2) is 0 Å². The third kappa shape index (κ3) is 3.56. The Morgan fingerprint density at radius 2 is 1.73 bits per heavy atom. The van der Waals surface area contributed by atoms with Crippen molar-refractivity contribution in [1.29, 1.82) is 0 Å². The summed E-state index contributed by atoms with van der Waals surface area (Å²) in [6, 6.07) is 0. The van der Waals surface area contributed by atoms with Crippen LogP contribution in [0.1, 0.15) is 113 Å². The van der Waals surface area contributed by atoms with Gasteiger partial charge in [-0.2, -0.15) is 0 Å². The Balaban J connectivity index is 1.65. The van der Waals surface area contributed by atoms with Crippen molar-refractivity contribution >= 4 is 6.29 Å². The fraction of sp³-hybridized carbons (Fsp3) is 0.839. The van der Waals surface area contributed by atoms with Gasteiger partial charge in [0.25, 0.3) is 0 Å². The summed E-state index contributed by atoms with van der Waals surface area (Å²) in [4.78, 5) is 12.4. The van der Waals surface area contributed by atoms with Crippen LogP contribution in [0.5, 0.6) is 0 Å². The minimum absolute atomic E-state index is 0.00712. The molecule has 0 unspecified atom stereocenters. The molecule has 0 amide bonds. The van der Waals surface area contributed by atoms with Crippen molar-refractivity contribution in [3.63, 3.8) is 0 Å². The fourth-order valence-electron chi connectivity index (χ4n) is 9.41. The van der Waals surface area contributed by atoms with Gasteiger partial charge >= 0.3 is 0 Å². The standard InChI is InChI=1S/C31H50O2/c1-20(2)21(3)9-10-22(19-32)23-13-17-31(8)25-11-12-26-28(4,5)27(33)15-16-29(26,6)24(25)14-18-30(23,31)7/h19-20,22-23,26-27,33H,3,9-18H2,1-2,4-8H3/t22-,23+,26-,27-,29+,30+,31-/m0/s1. The van der Waals surface area contributed by atoms with E-state index in [0.717, 1.165) is 25.7 Å². The van der Waals surface area contributed by atoms with Gasteiger partial charge in [-0.25, -0.2) is 0 Å². The molecule has 7 atom stereocenters. The molecule has 0 heterocycles. The summed E-state index contributed by atoms with van der Waals surface area (Å²) in [5, 5.41) is 10.8. The summed E-state index contributed by atoms with van der Waals surface area (Å²) in [6.45, 7) is 20.9. The van der Waals surface area contributed by atoms with E-state index in [-0.39, 0.29) is 33.7 Å². The Kier molecular flexibility index (Phi) is 6.38. The molecule has 2 saturated carbocycles. The summed E-state index contributed by atoms with van der Waals surface area (Å²) >= 11 is 0. The van der Waals surface area contributed by atoms with E-state index in [1.807, 2.05) is 0 Å². The van der Waals surface area contributed by atoms with Gasteiger partial charge in [-0.1, -0.05) is 71.8 Å². The van der Waals surface area contributed by atoms with E-state index in [1.54, 1.807) is 11.1 Å². The summed E-state index contributed by atoms with van der Waals surface area (Å²) in [5.41, 5.74) is 5.47. The second kappa shape index (κ2) is 8.35. The van der Waals surface area contributed by atoms with E-state index < -0.39 is 0 Å². The topological polar surface area (TPSA) is 37.3 Å². The van der Waals surface area contributed by atoms with Crippen LogP contribution in [0.4, 0.5) is 0 Å². The number of carbonyl (C=O) groups is 1. The molecule has 33 heavy (non-hydrogen) atoms. The molecular weight excluding hydrogens is 404 g/mol. The molecule has 0 aliphatic heterocycles.